The van der Waals surface area contributed by atoms with Crippen LogP contribution >= 0.6 is 0 Å². The second-order valence-corrected chi connectivity index (χ2v) is 3.30. The molecule has 2 heterocycles. The second kappa shape index (κ2) is 3.17. The zero-order chi connectivity index (χ0) is 9.26. The van der Waals surface area contributed by atoms with E-state index in [2.05, 4.69) is 23.8 Å². The predicted molar refractivity (Wildman–Crippen MR) is 51.7 cm³/mol. The molecular weight excluding hydrogens is 162 g/mol. The first-order chi connectivity index (χ1) is 6.33. The number of hydrogen-bond acceptors (Lipinski definition) is 2. The highest BCUT2D eigenvalue weighted by Gasteiger charge is 2.08. The van der Waals surface area contributed by atoms with E-state index >= 15 is 0 Å². The molecule has 0 aliphatic carbocycles. The maximum atomic E-state index is 4.31. The Kier molecular flexibility index (Phi) is 2.00. The molecule has 0 aliphatic heterocycles. The first-order valence-electron chi connectivity index (χ1n) is 4.60. The molecular formula is C10H13N3. The molecule has 0 bridgehead atoms. The highest BCUT2D eigenvalue weighted by Crippen LogP contribution is 2.18. The molecule has 0 saturated heterocycles. The summed E-state index contributed by atoms with van der Waals surface area (Å²) in [6, 6.07) is 1.92. The van der Waals surface area contributed by atoms with Crippen LogP contribution < -0.4 is 0 Å². The van der Waals surface area contributed by atoms with Gasteiger partial charge in [-0.3, -0.25) is 4.40 Å². The Hall–Kier alpha value is -1.38. The van der Waals surface area contributed by atoms with Crippen LogP contribution in [0.4, 0.5) is 0 Å². The van der Waals surface area contributed by atoms with Crippen molar-refractivity contribution in [1.29, 1.82) is 0 Å². The number of rotatable bonds is 2. The van der Waals surface area contributed by atoms with Crippen molar-refractivity contribution in [2.45, 2.75) is 26.2 Å². The zero-order valence-corrected chi connectivity index (χ0v) is 7.94. The molecule has 0 amide bonds. The van der Waals surface area contributed by atoms with Gasteiger partial charge in [-0.2, -0.15) is 0 Å². The molecule has 0 aliphatic rings. The molecule has 3 heteroatoms. The van der Waals surface area contributed by atoms with Crippen LogP contribution in [0.5, 0.6) is 0 Å². The van der Waals surface area contributed by atoms with Gasteiger partial charge in [0.1, 0.15) is 12.0 Å². The van der Waals surface area contributed by atoms with E-state index in [0.717, 1.165) is 12.1 Å². The van der Waals surface area contributed by atoms with Crippen LogP contribution in [0.15, 0.2) is 24.8 Å². The molecule has 13 heavy (non-hydrogen) atoms. The molecule has 2 aromatic heterocycles. The Balaban J connectivity index is 2.57. The van der Waals surface area contributed by atoms with Gasteiger partial charge < -0.3 is 0 Å². The largest absolute Gasteiger partial charge is 0.287 e. The summed E-state index contributed by atoms with van der Waals surface area (Å²) in [6.07, 6.45) is 6.65. The molecule has 1 unspecified atom stereocenters. The topological polar surface area (TPSA) is 30.2 Å². The minimum atomic E-state index is 0.541. The average Bonchev–Trinajstić information content (AvgIpc) is 2.60. The van der Waals surface area contributed by atoms with E-state index in [-0.39, 0.29) is 0 Å². The molecule has 0 radical (unpaired) electrons. The van der Waals surface area contributed by atoms with Gasteiger partial charge >= 0.3 is 0 Å². The van der Waals surface area contributed by atoms with Gasteiger partial charge in [0.25, 0.3) is 0 Å². The SMILES string of the molecule is CCC(C)c1cnc2ccncn12. The minimum absolute atomic E-state index is 0.541. The van der Waals surface area contributed by atoms with Crippen molar-refractivity contribution in [2.75, 3.05) is 0 Å². The van der Waals surface area contributed by atoms with Crippen molar-refractivity contribution in [3.8, 4) is 0 Å². The van der Waals surface area contributed by atoms with Crippen molar-refractivity contribution in [2.24, 2.45) is 0 Å². The summed E-state index contributed by atoms with van der Waals surface area (Å²) in [5.74, 6) is 0.541. The van der Waals surface area contributed by atoms with Gasteiger partial charge in [-0.25, -0.2) is 9.97 Å². The zero-order valence-electron chi connectivity index (χ0n) is 7.94. The van der Waals surface area contributed by atoms with E-state index in [1.807, 2.05) is 23.0 Å². The Labute approximate surface area is 77.4 Å². The predicted octanol–water partition coefficient (Wildman–Crippen LogP) is 2.24. The van der Waals surface area contributed by atoms with Crippen molar-refractivity contribution < 1.29 is 0 Å². The van der Waals surface area contributed by atoms with Gasteiger partial charge in [-0.15, -0.1) is 0 Å². The molecule has 0 saturated carbocycles. The summed E-state index contributed by atoms with van der Waals surface area (Å²) in [5.41, 5.74) is 2.22. The van der Waals surface area contributed by atoms with Crippen molar-refractivity contribution in [3.63, 3.8) is 0 Å². The molecule has 0 spiro atoms. The number of nitrogens with zero attached hydrogens (tertiary/aromatic N) is 3. The third-order valence-electron chi connectivity index (χ3n) is 2.46. The first-order valence-corrected chi connectivity index (χ1v) is 4.60. The molecule has 68 valence electrons. The Morgan fingerprint density at radius 3 is 3.15 bits per heavy atom. The highest BCUT2D eigenvalue weighted by atomic mass is 15.0. The highest BCUT2D eigenvalue weighted by molar-refractivity contribution is 5.38. The van der Waals surface area contributed by atoms with Crippen LogP contribution in [0.1, 0.15) is 31.9 Å². The van der Waals surface area contributed by atoms with Crippen LogP contribution in [-0.2, 0) is 0 Å². The van der Waals surface area contributed by atoms with Crippen molar-refractivity contribution in [1.82, 2.24) is 14.4 Å². The molecule has 2 aromatic rings. The fourth-order valence-electron chi connectivity index (χ4n) is 1.43. The summed E-state index contributed by atoms with van der Waals surface area (Å²) >= 11 is 0. The summed E-state index contributed by atoms with van der Waals surface area (Å²) < 4.78 is 2.05. The normalized spacial score (nSPS) is 13.4. The van der Waals surface area contributed by atoms with Gasteiger partial charge in [0.05, 0.1) is 0 Å². The van der Waals surface area contributed by atoms with Gasteiger partial charge in [0, 0.05) is 18.1 Å². The molecule has 1 atom stereocenters. The third kappa shape index (κ3) is 1.30. The van der Waals surface area contributed by atoms with E-state index in [4.69, 9.17) is 0 Å². The maximum Gasteiger partial charge on any atom is 0.139 e. The Morgan fingerprint density at radius 2 is 2.38 bits per heavy atom. The summed E-state index contributed by atoms with van der Waals surface area (Å²) in [5, 5.41) is 0. The van der Waals surface area contributed by atoms with Crippen molar-refractivity contribution in [3.05, 3.63) is 30.5 Å². The van der Waals surface area contributed by atoms with E-state index in [1.165, 1.54) is 5.69 Å². The standard InChI is InChI=1S/C10H13N3/c1-3-8(2)9-6-12-10-4-5-11-7-13(9)10/h4-8H,3H2,1-2H3. The van der Waals surface area contributed by atoms with Gasteiger partial charge in [0.2, 0.25) is 0 Å². The fourth-order valence-corrected chi connectivity index (χ4v) is 1.43. The lowest BCUT2D eigenvalue weighted by molar-refractivity contribution is 0.698. The average molecular weight is 175 g/mol. The molecule has 2 rings (SSSR count). The van der Waals surface area contributed by atoms with Crippen LogP contribution in [0.25, 0.3) is 5.65 Å². The smallest absolute Gasteiger partial charge is 0.139 e. The lowest BCUT2D eigenvalue weighted by Gasteiger charge is -2.06. The number of fused-ring (bicyclic) bond motifs is 1. The van der Waals surface area contributed by atoms with Gasteiger partial charge in [0.15, 0.2) is 0 Å². The van der Waals surface area contributed by atoms with Gasteiger partial charge in [-0.05, 0) is 18.4 Å². The minimum Gasteiger partial charge on any atom is -0.287 e. The summed E-state index contributed by atoms with van der Waals surface area (Å²) in [6.45, 7) is 4.39. The van der Waals surface area contributed by atoms with Crippen LogP contribution in [0.3, 0.4) is 0 Å². The van der Waals surface area contributed by atoms with Crippen LogP contribution in [-0.4, -0.2) is 14.4 Å². The first kappa shape index (κ1) is 8.23. The molecule has 0 N–H and O–H groups in total. The van der Waals surface area contributed by atoms with E-state index in [9.17, 15) is 0 Å². The van der Waals surface area contributed by atoms with Crippen LogP contribution in [0.2, 0.25) is 0 Å². The third-order valence-corrected chi connectivity index (χ3v) is 2.46. The molecule has 0 aromatic carbocycles. The van der Waals surface area contributed by atoms with Crippen LogP contribution in [0, 0.1) is 0 Å². The van der Waals surface area contributed by atoms with E-state index < -0.39 is 0 Å². The molecule has 0 fully saturated rings. The Morgan fingerprint density at radius 1 is 1.54 bits per heavy atom. The molecule has 3 nitrogen and oxygen atoms in total. The maximum absolute atomic E-state index is 4.31. The number of aromatic nitrogens is 3. The Bertz CT molecular complexity index is 405. The summed E-state index contributed by atoms with van der Waals surface area (Å²) in [4.78, 5) is 8.40. The number of hydrogen-bond donors (Lipinski definition) is 0. The lowest BCUT2D eigenvalue weighted by Crippen LogP contribution is -1.97. The summed E-state index contributed by atoms with van der Waals surface area (Å²) in [7, 11) is 0. The monoisotopic (exact) mass is 175 g/mol. The quantitative estimate of drug-likeness (QED) is 0.700. The fraction of sp³-hybridized carbons (Fsp3) is 0.400. The lowest BCUT2D eigenvalue weighted by atomic mass is 10.1. The second-order valence-electron chi connectivity index (χ2n) is 3.30. The van der Waals surface area contributed by atoms with Crippen molar-refractivity contribution >= 4 is 5.65 Å². The van der Waals surface area contributed by atoms with Gasteiger partial charge in [-0.1, -0.05) is 13.8 Å². The number of imidazole rings is 1. The van der Waals surface area contributed by atoms with E-state index in [1.54, 1.807) is 6.20 Å². The van der Waals surface area contributed by atoms with E-state index in [0.29, 0.717) is 5.92 Å².